The largest absolute Gasteiger partial charge is 0.482 e. The summed E-state index contributed by atoms with van der Waals surface area (Å²) in [5.74, 6) is -0.834. The van der Waals surface area contributed by atoms with Gasteiger partial charge < -0.3 is 14.8 Å². The molecule has 0 radical (unpaired) electrons. The Hall–Kier alpha value is -3.42. The zero-order chi connectivity index (χ0) is 20.1. The van der Waals surface area contributed by atoms with Crippen molar-refractivity contribution in [3.8, 4) is 11.5 Å². The molecule has 1 saturated heterocycles. The summed E-state index contributed by atoms with van der Waals surface area (Å²) < 4.78 is 23.4. The van der Waals surface area contributed by atoms with E-state index in [-0.39, 0.29) is 18.3 Å². The van der Waals surface area contributed by atoms with Crippen LogP contribution in [0.2, 0.25) is 0 Å². The van der Waals surface area contributed by atoms with Crippen LogP contribution in [0.25, 0.3) is 0 Å². The van der Waals surface area contributed by atoms with Crippen LogP contribution in [0.15, 0.2) is 48.5 Å². The van der Waals surface area contributed by atoms with Crippen molar-refractivity contribution >= 4 is 17.9 Å². The number of hydrogen-bond acceptors (Lipinski definition) is 5. The average Bonchev–Trinajstić information content (AvgIpc) is 2.91. The lowest BCUT2D eigenvalue weighted by Gasteiger charge is -2.20. The van der Waals surface area contributed by atoms with Crippen LogP contribution in [0, 0.1) is 5.82 Å². The Balaban J connectivity index is 1.48. The molecule has 0 aromatic heterocycles. The molecule has 3 amide bonds. The first-order valence-electron chi connectivity index (χ1n) is 8.66. The number of halogens is 1. The van der Waals surface area contributed by atoms with Gasteiger partial charge in [-0.05, 0) is 49.6 Å². The molecule has 1 heterocycles. The molecule has 0 unspecified atom stereocenters. The predicted octanol–water partition coefficient (Wildman–Crippen LogP) is 2.34. The quantitative estimate of drug-likeness (QED) is 0.433. The second-order valence-corrected chi connectivity index (χ2v) is 6.60. The Morgan fingerprint density at radius 3 is 2.50 bits per heavy atom. The van der Waals surface area contributed by atoms with E-state index < -0.39 is 23.4 Å². The van der Waals surface area contributed by atoms with E-state index >= 15 is 0 Å². The number of imide groups is 1. The van der Waals surface area contributed by atoms with Gasteiger partial charge in [0.25, 0.3) is 5.91 Å². The highest BCUT2D eigenvalue weighted by Gasteiger charge is 2.41. The maximum Gasteiger partial charge on any atom is 0.349 e. The van der Waals surface area contributed by atoms with Crippen molar-refractivity contribution in [3.63, 3.8) is 0 Å². The van der Waals surface area contributed by atoms with Gasteiger partial charge >= 0.3 is 12.0 Å². The van der Waals surface area contributed by atoms with E-state index in [1.54, 1.807) is 37.3 Å². The minimum atomic E-state index is -0.934. The molecule has 2 N–H and O–H groups in total. The Labute approximate surface area is 160 Å². The fourth-order valence-corrected chi connectivity index (χ4v) is 2.73. The number of carbonyl (C=O) groups excluding carboxylic acids is 3. The molecule has 1 atom stereocenters. The van der Waals surface area contributed by atoms with E-state index in [0.717, 1.165) is 5.56 Å². The molecule has 3 rings (SSSR count). The zero-order valence-electron chi connectivity index (χ0n) is 15.2. The number of carbonyl (C=O) groups is 3. The number of benzene rings is 2. The Kier molecular flexibility index (Phi) is 5.58. The Morgan fingerprint density at radius 2 is 1.86 bits per heavy atom. The van der Waals surface area contributed by atoms with Crippen molar-refractivity contribution in [1.29, 1.82) is 0 Å². The van der Waals surface area contributed by atoms with Gasteiger partial charge in [-0.15, -0.1) is 0 Å². The van der Waals surface area contributed by atoms with E-state index in [2.05, 4.69) is 10.6 Å². The van der Waals surface area contributed by atoms with Gasteiger partial charge in [0.1, 0.15) is 22.9 Å². The summed E-state index contributed by atoms with van der Waals surface area (Å²) in [6, 6.07) is 11.8. The van der Waals surface area contributed by atoms with Crippen molar-refractivity contribution in [2.24, 2.45) is 0 Å². The molecule has 0 spiro atoms. The third-order valence-corrected chi connectivity index (χ3v) is 4.34. The molecule has 2 aromatic rings. The molecule has 8 heteroatoms. The minimum Gasteiger partial charge on any atom is -0.482 e. The van der Waals surface area contributed by atoms with E-state index in [4.69, 9.17) is 9.47 Å². The van der Waals surface area contributed by atoms with Gasteiger partial charge in [-0.2, -0.15) is 0 Å². The molecule has 28 heavy (non-hydrogen) atoms. The average molecular weight is 386 g/mol. The highest BCUT2D eigenvalue weighted by atomic mass is 19.1. The van der Waals surface area contributed by atoms with Gasteiger partial charge in [-0.1, -0.05) is 18.2 Å². The van der Waals surface area contributed by atoms with E-state index in [9.17, 15) is 18.8 Å². The topological polar surface area (TPSA) is 93.7 Å². The Bertz CT molecular complexity index is 900. The number of amides is 3. The van der Waals surface area contributed by atoms with Crippen LogP contribution in [0.1, 0.15) is 18.9 Å². The van der Waals surface area contributed by atoms with Crippen molar-refractivity contribution < 1.29 is 28.2 Å². The van der Waals surface area contributed by atoms with Crippen LogP contribution in [0.4, 0.5) is 9.18 Å². The van der Waals surface area contributed by atoms with Gasteiger partial charge in [-0.25, -0.2) is 14.0 Å². The maximum atomic E-state index is 13.1. The second-order valence-electron chi connectivity index (χ2n) is 6.60. The first-order chi connectivity index (χ1) is 13.3. The van der Waals surface area contributed by atoms with Crippen molar-refractivity contribution in [3.05, 3.63) is 59.9 Å². The van der Waals surface area contributed by atoms with Gasteiger partial charge in [0.15, 0.2) is 6.61 Å². The number of ether oxygens (including phenoxy) is 2. The van der Waals surface area contributed by atoms with Crippen LogP contribution >= 0.6 is 0 Å². The summed E-state index contributed by atoms with van der Waals surface area (Å²) in [5, 5.41) is 4.83. The third-order valence-electron chi connectivity index (χ3n) is 4.34. The summed E-state index contributed by atoms with van der Waals surface area (Å²) in [6.45, 7) is 1.32. The Morgan fingerprint density at radius 1 is 1.11 bits per heavy atom. The first kappa shape index (κ1) is 19.3. The SMILES string of the molecule is C[C@]1(CCc2ccc(OC(=O)COc3cccc(F)c3)cc2)NC(=O)NC1=O. The molecular formula is C20H19FN2O5. The normalized spacial score (nSPS) is 18.4. The number of nitrogens with one attached hydrogen (secondary N) is 2. The number of esters is 1. The van der Waals surface area contributed by atoms with Crippen LogP contribution in [0.5, 0.6) is 11.5 Å². The lowest BCUT2D eigenvalue weighted by atomic mass is 9.93. The van der Waals surface area contributed by atoms with Crippen molar-refractivity contribution in [2.75, 3.05) is 6.61 Å². The third kappa shape index (κ3) is 4.85. The maximum absolute atomic E-state index is 13.1. The number of hydrogen-bond donors (Lipinski definition) is 2. The van der Waals surface area contributed by atoms with Crippen LogP contribution in [-0.2, 0) is 16.0 Å². The second kappa shape index (κ2) is 8.08. The smallest absolute Gasteiger partial charge is 0.349 e. The highest BCUT2D eigenvalue weighted by Crippen LogP contribution is 2.20. The number of aryl methyl sites for hydroxylation is 1. The van der Waals surface area contributed by atoms with Crippen molar-refractivity contribution in [2.45, 2.75) is 25.3 Å². The predicted molar refractivity (Wildman–Crippen MR) is 97.4 cm³/mol. The molecule has 0 bridgehead atoms. The number of urea groups is 1. The van der Waals surface area contributed by atoms with Gasteiger partial charge in [0.05, 0.1) is 0 Å². The van der Waals surface area contributed by atoms with Crippen molar-refractivity contribution in [1.82, 2.24) is 10.6 Å². The van der Waals surface area contributed by atoms with Gasteiger partial charge in [0.2, 0.25) is 0 Å². The fourth-order valence-electron chi connectivity index (χ4n) is 2.73. The first-order valence-corrected chi connectivity index (χ1v) is 8.66. The van der Waals surface area contributed by atoms with Crippen LogP contribution in [-0.4, -0.2) is 30.1 Å². The molecule has 0 aliphatic carbocycles. The summed E-state index contributed by atoms with van der Waals surface area (Å²) in [5.41, 5.74) is -0.0118. The van der Waals surface area contributed by atoms with E-state index in [0.29, 0.717) is 18.6 Å². The monoisotopic (exact) mass is 386 g/mol. The highest BCUT2D eigenvalue weighted by molar-refractivity contribution is 6.06. The summed E-state index contributed by atoms with van der Waals surface area (Å²) in [4.78, 5) is 34.9. The van der Waals surface area contributed by atoms with Gasteiger partial charge in [0, 0.05) is 6.07 Å². The summed E-state index contributed by atoms with van der Waals surface area (Å²) in [6.07, 6.45) is 0.992. The zero-order valence-corrected chi connectivity index (χ0v) is 15.2. The standard InChI is InChI=1S/C20H19FN2O5/c1-20(18(25)22-19(26)23-20)10-9-13-5-7-15(8-6-13)28-17(24)12-27-16-4-2-3-14(21)11-16/h2-8,11H,9-10,12H2,1H3,(H2,22,23,25,26)/t20-/m1/s1. The van der Waals surface area contributed by atoms with E-state index in [1.165, 1.54) is 18.2 Å². The van der Waals surface area contributed by atoms with Crippen LogP contribution < -0.4 is 20.1 Å². The lowest BCUT2D eigenvalue weighted by molar-refractivity contribution is -0.136. The summed E-state index contributed by atoms with van der Waals surface area (Å²) >= 11 is 0. The summed E-state index contributed by atoms with van der Waals surface area (Å²) in [7, 11) is 0. The van der Waals surface area contributed by atoms with Crippen LogP contribution in [0.3, 0.4) is 0 Å². The molecule has 0 saturated carbocycles. The van der Waals surface area contributed by atoms with Gasteiger partial charge in [-0.3, -0.25) is 10.1 Å². The fraction of sp³-hybridized carbons (Fsp3) is 0.250. The molecule has 7 nitrogen and oxygen atoms in total. The molecule has 1 fully saturated rings. The molecular weight excluding hydrogens is 367 g/mol. The lowest BCUT2D eigenvalue weighted by Crippen LogP contribution is -2.43. The number of rotatable bonds is 7. The molecule has 146 valence electrons. The molecule has 1 aliphatic heterocycles. The molecule has 2 aromatic carbocycles. The van der Waals surface area contributed by atoms with E-state index in [1.807, 2.05) is 0 Å². The molecule has 1 aliphatic rings. The minimum absolute atomic E-state index is 0.240.